The van der Waals surface area contributed by atoms with Crippen LogP contribution in [0.2, 0.25) is 0 Å². The molecule has 0 atom stereocenters. The van der Waals surface area contributed by atoms with E-state index in [4.69, 9.17) is 21.0 Å². The average molecular weight is 326 g/mol. The van der Waals surface area contributed by atoms with E-state index in [1.165, 1.54) is 11.3 Å². The second-order valence-electron chi connectivity index (χ2n) is 4.96. The van der Waals surface area contributed by atoms with Crippen LogP contribution in [0.15, 0.2) is 48.5 Å². The number of carbonyl (C=O) groups is 1. The van der Waals surface area contributed by atoms with Crippen molar-refractivity contribution in [1.82, 2.24) is 0 Å². The lowest BCUT2D eigenvalue weighted by Gasteiger charge is -2.10. The van der Waals surface area contributed by atoms with Gasteiger partial charge in [0.05, 0.1) is 4.88 Å². The Kier molecular flexibility index (Phi) is 3.99. The van der Waals surface area contributed by atoms with Gasteiger partial charge in [-0.05, 0) is 35.2 Å². The van der Waals surface area contributed by atoms with E-state index in [1.54, 1.807) is 12.1 Å². The zero-order chi connectivity index (χ0) is 16.4. The van der Waals surface area contributed by atoms with Crippen molar-refractivity contribution in [2.75, 3.05) is 6.61 Å². The molecule has 0 saturated carbocycles. The molecular formula is C17H14N2O3S. The highest BCUT2D eigenvalue weighted by Crippen LogP contribution is 2.34. The topological polar surface area (TPSA) is 96.4 Å². The van der Waals surface area contributed by atoms with E-state index < -0.39 is 5.97 Å². The number of nitrogens with two attached hydrogens (primary N) is 1. The smallest absolute Gasteiger partial charge is 0.341 e. The Labute approximate surface area is 136 Å². The number of nitrogens with one attached hydrogen (secondary N) is 1. The molecule has 4 N–H and O–H groups in total. The van der Waals surface area contributed by atoms with Crippen molar-refractivity contribution in [2.24, 2.45) is 5.73 Å². The maximum Gasteiger partial charge on any atom is 0.341 e. The van der Waals surface area contributed by atoms with Crippen molar-refractivity contribution in [1.29, 1.82) is 5.41 Å². The van der Waals surface area contributed by atoms with Gasteiger partial charge in [-0.1, -0.05) is 24.3 Å². The maximum absolute atomic E-state index is 10.7. The largest absolute Gasteiger partial charge is 0.481 e. The van der Waals surface area contributed by atoms with E-state index >= 15 is 0 Å². The summed E-state index contributed by atoms with van der Waals surface area (Å²) in [5.74, 6) is -0.437. The molecule has 0 fully saturated rings. The summed E-state index contributed by atoms with van der Waals surface area (Å²) in [6.45, 7) is -0.383. The number of para-hydroxylation sites is 1. The molecule has 2 aromatic carbocycles. The number of hydrogen-bond acceptors (Lipinski definition) is 4. The van der Waals surface area contributed by atoms with Crippen molar-refractivity contribution < 1.29 is 14.6 Å². The summed E-state index contributed by atoms with van der Waals surface area (Å²) < 4.78 is 6.40. The first-order valence-electron chi connectivity index (χ1n) is 6.86. The van der Waals surface area contributed by atoms with Gasteiger partial charge in [0.25, 0.3) is 0 Å². The summed E-state index contributed by atoms with van der Waals surface area (Å²) in [7, 11) is 0. The predicted octanol–water partition coefficient (Wildman–Crippen LogP) is 3.32. The fourth-order valence-electron chi connectivity index (χ4n) is 2.31. The van der Waals surface area contributed by atoms with Crippen LogP contribution in [0.3, 0.4) is 0 Å². The molecule has 0 unspecified atom stereocenters. The zero-order valence-corrected chi connectivity index (χ0v) is 12.9. The van der Waals surface area contributed by atoms with E-state index in [1.807, 2.05) is 36.4 Å². The number of carboxylic acids is 1. The third kappa shape index (κ3) is 3.17. The Balaban J connectivity index is 2.02. The van der Waals surface area contributed by atoms with Gasteiger partial charge in [0.2, 0.25) is 0 Å². The molecule has 0 amide bonds. The van der Waals surface area contributed by atoms with Crippen molar-refractivity contribution in [3.8, 4) is 16.9 Å². The Morgan fingerprint density at radius 3 is 2.74 bits per heavy atom. The standard InChI is InChI=1S/C17H14N2O3S/c18-17(19)15-8-11-7-10(5-6-14(11)23-15)12-3-1-2-4-13(12)22-9-16(20)21/h1-8H,9H2,(H3,18,19)(H,20,21). The molecular weight excluding hydrogens is 312 g/mol. The molecule has 0 spiro atoms. The highest BCUT2D eigenvalue weighted by atomic mass is 32.1. The van der Waals surface area contributed by atoms with Gasteiger partial charge in [-0.3, -0.25) is 5.41 Å². The number of nitrogen functional groups attached to an aromatic ring is 1. The number of fused-ring (bicyclic) bond motifs is 1. The average Bonchev–Trinajstić information content (AvgIpc) is 2.96. The third-order valence-corrected chi connectivity index (χ3v) is 4.48. The number of ether oxygens (including phenoxy) is 1. The summed E-state index contributed by atoms with van der Waals surface area (Å²) in [6.07, 6.45) is 0. The second-order valence-corrected chi connectivity index (χ2v) is 6.04. The first kappa shape index (κ1) is 15.1. The Bertz CT molecular complexity index is 902. The fraction of sp³-hybridized carbons (Fsp3) is 0.0588. The molecule has 0 radical (unpaired) electrons. The highest BCUT2D eigenvalue weighted by molar-refractivity contribution is 7.20. The zero-order valence-electron chi connectivity index (χ0n) is 12.1. The molecule has 0 aliphatic carbocycles. The van der Waals surface area contributed by atoms with Gasteiger partial charge < -0.3 is 15.6 Å². The summed E-state index contributed by atoms with van der Waals surface area (Å²) in [5.41, 5.74) is 7.28. The minimum Gasteiger partial charge on any atom is -0.481 e. The van der Waals surface area contributed by atoms with Crippen molar-refractivity contribution >= 4 is 33.2 Å². The van der Waals surface area contributed by atoms with Gasteiger partial charge in [-0.25, -0.2) is 4.79 Å². The molecule has 23 heavy (non-hydrogen) atoms. The van der Waals surface area contributed by atoms with Crippen LogP contribution >= 0.6 is 11.3 Å². The summed E-state index contributed by atoms with van der Waals surface area (Å²) in [5, 5.41) is 17.3. The van der Waals surface area contributed by atoms with Crippen LogP contribution in [0.5, 0.6) is 5.75 Å². The number of thiophene rings is 1. The summed E-state index contributed by atoms with van der Waals surface area (Å²) in [6, 6.07) is 15.1. The van der Waals surface area contributed by atoms with E-state index in [-0.39, 0.29) is 12.4 Å². The lowest BCUT2D eigenvalue weighted by atomic mass is 10.0. The number of rotatable bonds is 5. The number of aliphatic carboxylic acids is 1. The summed E-state index contributed by atoms with van der Waals surface area (Å²) in [4.78, 5) is 11.4. The van der Waals surface area contributed by atoms with Gasteiger partial charge in [-0.15, -0.1) is 11.3 Å². The quantitative estimate of drug-likeness (QED) is 0.495. The SMILES string of the molecule is N=C(N)c1cc2cc(-c3ccccc3OCC(=O)O)ccc2s1. The molecule has 3 rings (SSSR count). The minimum absolute atomic E-state index is 0.0536. The lowest BCUT2D eigenvalue weighted by molar-refractivity contribution is -0.139. The van der Waals surface area contributed by atoms with E-state index in [0.29, 0.717) is 5.75 Å². The van der Waals surface area contributed by atoms with Crippen LogP contribution in [-0.4, -0.2) is 23.5 Å². The van der Waals surface area contributed by atoms with Gasteiger partial charge >= 0.3 is 5.97 Å². The van der Waals surface area contributed by atoms with Crippen LogP contribution in [0.1, 0.15) is 4.88 Å². The molecule has 0 bridgehead atoms. The highest BCUT2D eigenvalue weighted by Gasteiger charge is 2.10. The van der Waals surface area contributed by atoms with E-state index in [0.717, 1.165) is 26.1 Å². The Morgan fingerprint density at radius 1 is 1.22 bits per heavy atom. The first-order chi connectivity index (χ1) is 11.0. The van der Waals surface area contributed by atoms with Crippen molar-refractivity contribution in [3.05, 3.63) is 53.4 Å². The van der Waals surface area contributed by atoms with Crippen molar-refractivity contribution in [3.63, 3.8) is 0 Å². The predicted molar refractivity (Wildman–Crippen MR) is 91.4 cm³/mol. The van der Waals surface area contributed by atoms with E-state index in [9.17, 15) is 4.79 Å². The lowest BCUT2D eigenvalue weighted by Crippen LogP contribution is -2.09. The van der Waals surface area contributed by atoms with Gasteiger partial charge in [0.15, 0.2) is 6.61 Å². The third-order valence-electron chi connectivity index (χ3n) is 3.33. The second kappa shape index (κ2) is 6.10. The first-order valence-corrected chi connectivity index (χ1v) is 7.68. The number of amidine groups is 1. The molecule has 116 valence electrons. The number of hydrogen-bond donors (Lipinski definition) is 3. The van der Waals surface area contributed by atoms with Crippen LogP contribution in [-0.2, 0) is 4.79 Å². The van der Waals surface area contributed by atoms with E-state index in [2.05, 4.69) is 0 Å². The van der Waals surface area contributed by atoms with Crippen LogP contribution < -0.4 is 10.5 Å². The van der Waals surface area contributed by atoms with Gasteiger partial charge in [0, 0.05) is 10.3 Å². The Hall–Kier alpha value is -2.86. The molecule has 0 aliphatic rings. The monoisotopic (exact) mass is 326 g/mol. The molecule has 0 aliphatic heterocycles. The van der Waals surface area contributed by atoms with Gasteiger partial charge in [-0.2, -0.15) is 0 Å². The van der Waals surface area contributed by atoms with Crippen LogP contribution in [0.25, 0.3) is 21.2 Å². The fourth-order valence-corrected chi connectivity index (χ4v) is 3.22. The molecule has 1 aromatic heterocycles. The normalized spacial score (nSPS) is 10.6. The molecule has 6 heteroatoms. The van der Waals surface area contributed by atoms with Crippen LogP contribution in [0, 0.1) is 5.41 Å². The van der Waals surface area contributed by atoms with Gasteiger partial charge in [0.1, 0.15) is 11.6 Å². The number of benzene rings is 2. The van der Waals surface area contributed by atoms with Crippen LogP contribution in [0.4, 0.5) is 0 Å². The van der Waals surface area contributed by atoms with Crippen molar-refractivity contribution in [2.45, 2.75) is 0 Å². The molecule has 5 nitrogen and oxygen atoms in total. The molecule has 0 saturated heterocycles. The maximum atomic E-state index is 10.7. The Morgan fingerprint density at radius 2 is 2.00 bits per heavy atom. The molecule has 1 heterocycles. The number of carboxylic acid groups (broad SMARTS) is 1. The molecule has 3 aromatic rings. The summed E-state index contributed by atoms with van der Waals surface area (Å²) >= 11 is 1.47. The minimum atomic E-state index is -1.01.